The molecular formula is C15H23BO3. The van der Waals surface area contributed by atoms with Gasteiger partial charge in [0.05, 0.1) is 18.3 Å². The Bertz CT molecular complexity index is 430. The quantitative estimate of drug-likeness (QED) is 0.783. The van der Waals surface area contributed by atoms with E-state index in [0.717, 1.165) is 17.6 Å². The minimum absolute atomic E-state index is 0.330. The summed E-state index contributed by atoms with van der Waals surface area (Å²) < 4.78 is 17.7. The van der Waals surface area contributed by atoms with Gasteiger partial charge in [-0.25, -0.2) is 0 Å². The molecular weight excluding hydrogens is 239 g/mol. The Kier molecular flexibility index (Phi) is 3.67. The molecule has 1 fully saturated rings. The van der Waals surface area contributed by atoms with Crippen molar-refractivity contribution in [2.45, 2.75) is 52.2 Å². The average Bonchev–Trinajstić information content (AvgIpc) is 2.57. The first-order chi connectivity index (χ1) is 8.82. The second kappa shape index (κ2) is 4.84. The van der Waals surface area contributed by atoms with E-state index in [9.17, 15) is 0 Å². The molecule has 4 heteroatoms. The van der Waals surface area contributed by atoms with E-state index >= 15 is 0 Å². The van der Waals surface area contributed by atoms with Crippen molar-refractivity contribution in [1.29, 1.82) is 0 Å². The lowest BCUT2D eigenvalue weighted by atomic mass is 9.74. The highest BCUT2D eigenvalue weighted by Gasteiger charge is 2.52. The molecule has 19 heavy (non-hydrogen) atoms. The van der Waals surface area contributed by atoms with Crippen LogP contribution in [0.25, 0.3) is 0 Å². The van der Waals surface area contributed by atoms with E-state index in [4.69, 9.17) is 14.0 Å². The number of rotatable bonds is 3. The number of aryl methyl sites for hydroxylation is 1. The van der Waals surface area contributed by atoms with Crippen LogP contribution in [0.4, 0.5) is 0 Å². The summed E-state index contributed by atoms with van der Waals surface area (Å²) in [6.45, 7) is 10.4. The Labute approximate surface area is 116 Å². The van der Waals surface area contributed by atoms with Crippen LogP contribution in [0.15, 0.2) is 18.2 Å². The lowest BCUT2D eigenvalue weighted by Crippen LogP contribution is -2.41. The second-order valence-electron chi connectivity index (χ2n) is 5.97. The van der Waals surface area contributed by atoms with E-state index in [1.807, 2.05) is 12.1 Å². The van der Waals surface area contributed by atoms with Gasteiger partial charge in [-0.3, -0.25) is 0 Å². The topological polar surface area (TPSA) is 27.7 Å². The molecule has 0 N–H and O–H groups in total. The third-order valence-corrected chi connectivity index (χ3v) is 4.25. The van der Waals surface area contributed by atoms with Gasteiger partial charge in [0.1, 0.15) is 5.75 Å². The van der Waals surface area contributed by atoms with Gasteiger partial charge in [-0.2, -0.15) is 0 Å². The highest BCUT2D eigenvalue weighted by atomic mass is 16.7. The van der Waals surface area contributed by atoms with Crippen LogP contribution in [0, 0.1) is 0 Å². The molecule has 0 amide bonds. The Morgan fingerprint density at radius 3 is 2.16 bits per heavy atom. The molecule has 1 aliphatic heterocycles. The molecule has 0 bridgehead atoms. The van der Waals surface area contributed by atoms with E-state index in [2.05, 4.69) is 40.7 Å². The number of hydrogen-bond acceptors (Lipinski definition) is 3. The van der Waals surface area contributed by atoms with E-state index < -0.39 is 0 Å². The maximum absolute atomic E-state index is 6.13. The van der Waals surface area contributed by atoms with Gasteiger partial charge in [-0.05, 0) is 45.7 Å². The zero-order valence-electron chi connectivity index (χ0n) is 12.7. The van der Waals surface area contributed by atoms with Gasteiger partial charge >= 0.3 is 7.12 Å². The molecule has 3 nitrogen and oxygen atoms in total. The monoisotopic (exact) mass is 262 g/mol. The molecule has 0 atom stereocenters. The first-order valence-corrected chi connectivity index (χ1v) is 6.84. The average molecular weight is 262 g/mol. The molecule has 1 aromatic carbocycles. The largest absolute Gasteiger partial charge is 0.498 e. The number of ether oxygens (including phenoxy) is 1. The third kappa shape index (κ3) is 2.39. The van der Waals surface area contributed by atoms with Gasteiger partial charge in [0.25, 0.3) is 0 Å². The van der Waals surface area contributed by atoms with Gasteiger partial charge in [-0.1, -0.05) is 19.1 Å². The molecule has 1 saturated heterocycles. The van der Waals surface area contributed by atoms with Crippen LogP contribution in [0.5, 0.6) is 5.75 Å². The van der Waals surface area contributed by atoms with Crippen molar-refractivity contribution in [3.05, 3.63) is 23.8 Å². The van der Waals surface area contributed by atoms with E-state index in [0.29, 0.717) is 0 Å². The first kappa shape index (κ1) is 14.4. The standard InChI is InChI=1S/C15H23BO3/c1-7-11-9-8-10-12(17-6)13(11)16-18-14(2,3)15(4,5)19-16/h8-10H,7H2,1-6H3. The highest BCUT2D eigenvalue weighted by molar-refractivity contribution is 6.63. The SMILES string of the molecule is CCc1cccc(OC)c1B1OC(C)(C)C(C)(C)O1. The highest BCUT2D eigenvalue weighted by Crippen LogP contribution is 2.37. The summed E-state index contributed by atoms with van der Waals surface area (Å²) in [6.07, 6.45) is 0.927. The maximum atomic E-state index is 6.13. The normalized spacial score (nSPS) is 20.6. The van der Waals surface area contributed by atoms with Crippen LogP contribution in [0.2, 0.25) is 0 Å². The van der Waals surface area contributed by atoms with Crippen LogP contribution < -0.4 is 10.2 Å². The number of methoxy groups -OCH3 is 1. The molecule has 0 spiro atoms. The predicted molar refractivity (Wildman–Crippen MR) is 78.1 cm³/mol. The van der Waals surface area contributed by atoms with Crippen molar-refractivity contribution >= 4 is 12.6 Å². The zero-order valence-corrected chi connectivity index (χ0v) is 12.7. The molecule has 1 aliphatic rings. The summed E-state index contributed by atoms with van der Waals surface area (Å²) >= 11 is 0. The smallest absolute Gasteiger partial charge is 0.497 e. The molecule has 1 aromatic rings. The summed E-state index contributed by atoms with van der Waals surface area (Å²) in [5.41, 5.74) is 1.57. The summed E-state index contributed by atoms with van der Waals surface area (Å²) in [5.74, 6) is 0.831. The molecule has 104 valence electrons. The Morgan fingerprint density at radius 2 is 1.68 bits per heavy atom. The lowest BCUT2D eigenvalue weighted by Gasteiger charge is -2.32. The van der Waals surface area contributed by atoms with Crippen LogP contribution in [-0.2, 0) is 15.7 Å². The van der Waals surface area contributed by atoms with E-state index in [1.165, 1.54) is 5.56 Å². The molecule has 1 heterocycles. The summed E-state index contributed by atoms with van der Waals surface area (Å²) in [5, 5.41) is 0. The molecule has 0 aromatic heterocycles. The lowest BCUT2D eigenvalue weighted by molar-refractivity contribution is 0.00578. The summed E-state index contributed by atoms with van der Waals surface area (Å²) in [4.78, 5) is 0. The fraction of sp³-hybridized carbons (Fsp3) is 0.600. The molecule has 0 unspecified atom stereocenters. The van der Waals surface area contributed by atoms with Gasteiger partial charge in [0.2, 0.25) is 0 Å². The van der Waals surface area contributed by atoms with Crippen LogP contribution in [0.1, 0.15) is 40.2 Å². The van der Waals surface area contributed by atoms with Gasteiger partial charge < -0.3 is 14.0 Å². The molecule has 2 rings (SSSR count). The minimum Gasteiger partial charge on any atom is -0.497 e. The van der Waals surface area contributed by atoms with Crippen molar-refractivity contribution in [1.82, 2.24) is 0 Å². The Balaban J connectivity index is 2.44. The molecule has 0 saturated carbocycles. The fourth-order valence-corrected chi connectivity index (χ4v) is 2.30. The van der Waals surface area contributed by atoms with Gasteiger partial charge in [0, 0.05) is 5.46 Å². The van der Waals surface area contributed by atoms with Crippen LogP contribution in [-0.4, -0.2) is 25.4 Å². The maximum Gasteiger partial charge on any atom is 0.498 e. The molecule has 0 aliphatic carbocycles. The number of benzene rings is 1. The van der Waals surface area contributed by atoms with Crippen LogP contribution >= 0.6 is 0 Å². The van der Waals surface area contributed by atoms with E-state index in [1.54, 1.807) is 7.11 Å². The summed E-state index contributed by atoms with van der Waals surface area (Å²) in [7, 11) is 1.32. The fourth-order valence-electron chi connectivity index (χ4n) is 2.30. The van der Waals surface area contributed by atoms with Gasteiger partial charge in [0.15, 0.2) is 0 Å². The minimum atomic E-state index is -0.365. The Hall–Kier alpha value is -0.995. The Morgan fingerprint density at radius 1 is 1.11 bits per heavy atom. The third-order valence-electron chi connectivity index (χ3n) is 4.25. The zero-order chi connectivity index (χ0) is 14.3. The first-order valence-electron chi connectivity index (χ1n) is 6.84. The van der Waals surface area contributed by atoms with Gasteiger partial charge in [-0.15, -0.1) is 0 Å². The van der Waals surface area contributed by atoms with Crippen molar-refractivity contribution < 1.29 is 14.0 Å². The van der Waals surface area contributed by atoms with Crippen molar-refractivity contribution in [3.8, 4) is 5.75 Å². The predicted octanol–water partition coefficient (Wildman–Crippen LogP) is 2.56. The molecule has 0 radical (unpaired) electrons. The second-order valence-corrected chi connectivity index (χ2v) is 5.97. The number of hydrogen-bond donors (Lipinski definition) is 0. The summed E-state index contributed by atoms with van der Waals surface area (Å²) in [6, 6.07) is 6.06. The van der Waals surface area contributed by atoms with E-state index in [-0.39, 0.29) is 18.3 Å². The van der Waals surface area contributed by atoms with Crippen molar-refractivity contribution in [3.63, 3.8) is 0 Å². The van der Waals surface area contributed by atoms with Crippen molar-refractivity contribution in [2.75, 3.05) is 7.11 Å². The van der Waals surface area contributed by atoms with Crippen LogP contribution in [0.3, 0.4) is 0 Å². The van der Waals surface area contributed by atoms with Crippen molar-refractivity contribution in [2.24, 2.45) is 0 Å².